The van der Waals surface area contributed by atoms with Crippen molar-refractivity contribution in [2.45, 2.75) is 31.1 Å². The summed E-state index contributed by atoms with van der Waals surface area (Å²) >= 11 is 0. The van der Waals surface area contributed by atoms with Gasteiger partial charge >= 0.3 is 0 Å². The van der Waals surface area contributed by atoms with E-state index in [0.29, 0.717) is 17.4 Å². The zero-order chi connectivity index (χ0) is 17.9. The molecule has 1 aliphatic rings. The largest absolute Gasteiger partial charge is 0.495 e. The van der Waals surface area contributed by atoms with Gasteiger partial charge in [0.05, 0.1) is 25.2 Å². The minimum absolute atomic E-state index is 0.0927. The normalized spacial score (nSPS) is 15.0. The summed E-state index contributed by atoms with van der Waals surface area (Å²) < 4.78 is 33.0. The van der Waals surface area contributed by atoms with Gasteiger partial charge in [-0.05, 0) is 43.9 Å². The molecular formula is C17H22N4O3S. The Labute approximate surface area is 148 Å². The first-order valence-corrected chi connectivity index (χ1v) is 9.72. The lowest BCUT2D eigenvalue weighted by molar-refractivity contribution is 0.402. The van der Waals surface area contributed by atoms with Crippen LogP contribution in [0.3, 0.4) is 0 Å². The molecule has 1 fully saturated rings. The van der Waals surface area contributed by atoms with Crippen LogP contribution in [0.25, 0.3) is 0 Å². The van der Waals surface area contributed by atoms with Crippen molar-refractivity contribution >= 4 is 21.7 Å². The standard InChI is InChI=1S/C17H22N4O3S/c1-13-6-7-15(24-2)16(10-13)25(22,23)20-14-11-18-17(19-12-14)21-8-4-3-5-9-21/h6-7,10-12,20H,3-5,8-9H2,1-2H3. The summed E-state index contributed by atoms with van der Waals surface area (Å²) in [7, 11) is -2.34. The lowest BCUT2D eigenvalue weighted by Crippen LogP contribution is -2.30. The molecule has 7 nitrogen and oxygen atoms in total. The summed E-state index contributed by atoms with van der Waals surface area (Å²) in [5.41, 5.74) is 1.15. The predicted molar refractivity (Wildman–Crippen MR) is 96.6 cm³/mol. The molecule has 0 unspecified atom stereocenters. The van der Waals surface area contributed by atoms with Gasteiger partial charge in [0.15, 0.2) is 0 Å². The molecule has 0 aliphatic carbocycles. The molecule has 134 valence electrons. The number of nitrogens with one attached hydrogen (secondary N) is 1. The lowest BCUT2D eigenvalue weighted by Gasteiger charge is -2.26. The smallest absolute Gasteiger partial charge is 0.265 e. The van der Waals surface area contributed by atoms with Gasteiger partial charge in [0.2, 0.25) is 5.95 Å². The highest BCUT2D eigenvalue weighted by Crippen LogP contribution is 2.26. The number of ether oxygens (including phenoxy) is 1. The number of methoxy groups -OCH3 is 1. The second-order valence-electron chi connectivity index (χ2n) is 6.08. The number of rotatable bonds is 5. The van der Waals surface area contributed by atoms with Gasteiger partial charge in [-0.1, -0.05) is 6.07 Å². The van der Waals surface area contributed by atoms with E-state index in [4.69, 9.17) is 4.74 Å². The van der Waals surface area contributed by atoms with Crippen LogP contribution in [0.15, 0.2) is 35.5 Å². The Hall–Kier alpha value is -2.35. The third-order valence-corrected chi connectivity index (χ3v) is 5.54. The van der Waals surface area contributed by atoms with Crippen LogP contribution in [-0.2, 0) is 10.0 Å². The quantitative estimate of drug-likeness (QED) is 0.880. The van der Waals surface area contributed by atoms with Gasteiger partial charge in [0.1, 0.15) is 10.6 Å². The molecule has 0 bridgehead atoms. The Morgan fingerprint density at radius 3 is 2.44 bits per heavy atom. The van der Waals surface area contributed by atoms with Crippen molar-refractivity contribution in [1.29, 1.82) is 0 Å². The third-order valence-electron chi connectivity index (χ3n) is 4.14. The van der Waals surface area contributed by atoms with Gasteiger partial charge in [-0.2, -0.15) is 0 Å². The molecule has 2 heterocycles. The van der Waals surface area contributed by atoms with Crippen LogP contribution in [0.2, 0.25) is 0 Å². The Morgan fingerprint density at radius 1 is 1.12 bits per heavy atom. The van der Waals surface area contributed by atoms with Gasteiger partial charge in [-0.15, -0.1) is 0 Å². The van der Waals surface area contributed by atoms with Crippen molar-refractivity contribution < 1.29 is 13.2 Å². The topological polar surface area (TPSA) is 84.4 Å². The number of piperidine rings is 1. The molecule has 0 amide bonds. The number of anilines is 2. The summed E-state index contributed by atoms with van der Waals surface area (Å²) in [5, 5.41) is 0. The highest BCUT2D eigenvalue weighted by Gasteiger charge is 2.20. The van der Waals surface area contributed by atoms with Gasteiger partial charge in [0, 0.05) is 13.1 Å². The van der Waals surface area contributed by atoms with Crippen molar-refractivity contribution in [3.8, 4) is 5.75 Å². The molecule has 1 N–H and O–H groups in total. The fourth-order valence-corrected chi connectivity index (χ4v) is 4.12. The summed E-state index contributed by atoms with van der Waals surface area (Å²) in [4.78, 5) is 10.8. The molecule has 1 aromatic carbocycles. The van der Waals surface area contributed by atoms with Crippen LogP contribution in [0, 0.1) is 6.92 Å². The average Bonchev–Trinajstić information content (AvgIpc) is 2.63. The van der Waals surface area contributed by atoms with Gasteiger partial charge in [0.25, 0.3) is 10.0 Å². The first kappa shape index (κ1) is 17.5. The number of sulfonamides is 1. The molecule has 0 atom stereocenters. The number of hydrogen-bond acceptors (Lipinski definition) is 6. The monoisotopic (exact) mass is 362 g/mol. The van der Waals surface area contributed by atoms with E-state index in [1.54, 1.807) is 18.2 Å². The molecule has 0 spiro atoms. The number of aromatic nitrogens is 2. The Kier molecular flexibility index (Phi) is 5.08. The first-order chi connectivity index (χ1) is 12.0. The maximum atomic E-state index is 12.7. The maximum Gasteiger partial charge on any atom is 0.265 e. The zero-order valence-electron chi connectivity index (χ0n) is 14.4. The van der Waals surface area contributed by atoms with E-state index < -0.39 is 10.0 Å². The van der Waals surface area contributed by atoms with Gasteiger partial charge < -0.3 is 9.64 Å². The lowest BCUT2D eigenvalue weighted by atomic mass is 10.1. The molecule has 2 aromatic rings. The number of benzene rings is 1. The average molecular weight is 362 g/mol. The number of nitrogens with zero attached hydrogens (tertiary/aromatic N) is 3. The summed E-state index contributed by atoms with van der Waals surface area (Å²) in [6.45, 7) is 3.70. The van der Waals surface area contributed by atoms with Crippen LogP contribution in [-0.4, -0.2) is 38.6 Å². The molecule has 1 aliphatic heterocycles. The van der Waals surface area contributed by atoms with E-state index in [-0.39, 0.29) is 4.90 Å². The molecule has 1 aromatic heterocycles. The van der Waals surface area contributed by atoms with E-state index in [0.717, 1.165) is 31.5 Å². The molecule has 8 heteroatoms. The third kappa shape index (κ3) is 4.01. The fraction of sp³-hybridized carbons (Fsp3) is 0.412. The van der Waals surface area contributed by atoms with Crippen molar-refractivity contribution in [2.75, 3.05) is 29.8 Å². The number of aryl methyl sites for hydroxylation is 1. The summed E-state index contributed by atoms with van der Waals surface area (Å²) in [6.07, 6.45) is 6.48. The molecule has 1 saturated heterocycles. The summed E-state index contributed by atoms with van der Waals surface area (Å²) in [5.74, 6) is 0.930. The second kappa shape index (κ2) is 7.26. The molecule has 0 saturated carbocycles. The van der Waals surface area contributed by atoms with Crippen LogP contribution in [0.5, 0.6) is 5.75 Å². The molecule has 0 radical (unpaired) electrons. The maximum absolute atomic E-state index is 12.7. The van der Waals surface area contributed by atoms with E-state index >= 15 is 0 Å². The SMILES string of the molecule is COc1ccc(C)cc1S(=O)(=O)Nc1cnc(N2CCCCC2)nc1. The summed E-state index contributed by atoms with van der Waals surface area (Å²) in [6, 6.07) is 5.01. The molecule has 25 heavy (non-hydrogen) atoms. The van der Waals surface area contributed by atoms with Crippen LogP contribution >= 0.6 is 0 Å². The Morgan fingerprint density at radius 2 is 1.80 bits per heavy atom. The minimum Gasteiger partial charge on any atom is -0.495 e. The van der Waals surface area contributed by atoms with Gasteiger partial charge in [-0.25, -0.2) is 18.4 Å². The molecule has 3 rings (SSSR count). The zero-order valence-corrected chi connectivity index (χ0v) is 15.2. The fourth-order valence-electron chi connectivity index (χ4n) is 2.84. The number of hydrogen-bond donors (Lipinski definition) is 1. The second-order valence-corrected chi connectivity index (χ2v) is 7.73. The first-order valence-electron chi connectivity index (χ1n) is 8.24. The van der Waals surface area contributed by atoms with Crippen molar-refractivity contribution in [1.82, 2.24) is 9.97 Å². The Balaban J connectivity index is 1.80. The predicted octanol–water partition coefficient (Wildman–Crippen LogP) is 2.58. The van der Waals surface area contributed by atoms with Crippen LogP contribution in [0.4, 0.5) is 11.6 Å². The van der Waals surface area contributed by atoms with E-state index in [1.807, 2.05) is 6.92 Å². The van der Waals surface area contributed by atoms with E-state index in [9.17, 15) is 8.42 Å². The Bertz CT molecular complexity index is 831. The van der Waals surface area contributed by atoms with E-state index in [2.05, 4.69) is 19.6 Å². The highest BCUT2D eigenvalue weighted by molar-refractivity contribution is 7.92. The van der Waals surface area contributed by atoms with Crippen LogP contribution < -0.4 is 14.4 Å². The van der Waals surface area contributed by atoms with Gasteiger partial charge in [-0.3, -0.25) is 4.72 Å². The van der Waals surface area contributed by atoms with E-state index in [1.165, 1.54) is 25.9 Å². The van der Waals surface area contributed by atoms with Crippen molar-refractivity contribution in [2.24, 2.45) is 0 Å². The van der Waals surface area contributed by atoms with Crippen LogP contribution in [0.1, 0.15) is 24.8 Å². The minimum atomic E-state index is -3.78. The van der Waals surface area contributed by atoms with Crippen molar-refractivity contribution in [3.63, 3.8) is 0 Å². The highest BCUT2D eigenvalue weighted by atomic mass is 32.2. The van der Waals surface area contributed by atoms with Crippen molar-refractivity contribution in [3.05, 3.63) is 36.2 Å². The molecular weight excluding hydrogens is 340 g/mol.